The molecule has 1 aliphatic heterocycles. The Hall–Kier alpha value is -2.09. The summed E-state index contributed by atoms with van der Waals surface area (Å²) in [6.45, 7) is 1.29. The number of esters is 1. The van der Waals surface area contributed by atoms with E-state index >= 15 is 0 Å². The summed E-state index contributed by atoms with van der Waals surface area (Å²) in [5.41, 5.74) is 1.03. The molecule has 1 atom stereocenters. The van der Waals surface area contributed by atoms with Crippen molar-refractivity contribution >= 4 is 11.9 Å². The van der Waals surface area contributed by atoms with Crippen molar-refractivity contribution in [2.24, 2.45) is 0 Å². The molecule has 1 fully saturated rings. The Bertz CT molecular complexity index is 472. The van der Waals surface area contributed by atoms with Crippen LogP contribution in [0.25, 0.3) is 0 Å². The van der Waals surface area contributed by atoms with Crippen LogP contribution in [0.15, 0.2) is 30.3 Å². The van der Waals surface area contributed by atoms with Crippen LogP contribution < -0.4 is 5.32 Å². The maximum absolute atomic E-state index is 11.3. The van der Waals surface area contributed by atoms with Crippen molar-refractivity contribution in [1.29, 1.82) is 0 Å². The molecule has 1 aromatic carbocycles. The Kier molecular flexibility index (Phi) is 6.16. The fourth-order valence-electron chi connectivity index (χ4n) is 1.32. The molecule has 0 bridgehead atoms. The number of carbonyl (C=O) groups is 2. The van der Waals surface area contributed by atoms with Crippen molar-refractivity contribution in [2.45, 2.75) is 25.2 Å². The number of alkyl halides is 3. The van der Waals surface area contributed by atoms with Gasteiger partial charge in [0, 0.05) is 0 Å². The molecular formula is C13H14F3NO4. The van der Waals surface area contributed by atoms with E-state index in [1.807, 2.05) is 30.3 Å². The van der Waals surface area contributed by atoms with Gasteiger partial charge in [0.25, 0.3) is 0 Å². The monoisotopic (exact) mass is 305 g/mol. The van der Waals surface area contributed by atoms with Crippen LogP contribution in [0.3, 0.4) is 0 Å². The van der Waals surface area contributed by atoms with Gasteiger partial charge in [0.15, 0.2) is 0 Å². The molecule has 2 rings (SSSR count). The Morgan fingerprint density at radius 1 is 1.29 bits per heavy atom. The predicted molar refractivity (Wildman–Crippen MR) is 66.3 cm³/mol. The average molecular weight is 305 g/mol. The Morgan fingerprint density at radius 3 is 2.19 bits per heavy atom. The lowest BCUT2D eigenvalue weighted by Crippen LogP contribution is -2.49. The molecule has 0 radical (unpaired) electrons. The summed E-state index contributed by atoms with van der Waals surface area (Å²) in [4.78, 5) is 20.2. The van der Waals surface area contributed by atoms with Crippen molar-refractivity contribution in [3.63, 3.8) is 0 Å². The summed E-state index contributed by atoms with van der Waals surface area (Å²) in [5.74, 6) is -2.90. The zero-order valence-corrected chi connectivity index (χ0v) is 10.9. The van der Waals surface area contributed by atoms with Crippen LogP contribution in [0.1, 0.15) is 12.0 Å². The molecule has 2 N–H and O–H groups in total. The van der Waals surface area contributed by atoms with E-state index in [-0.39, 0.29) is 12.0 Å². The first-order valence-corrected chi connectivity index (χ1v) is 6.04. The Labute approximate surface area is 118 Å². The third-order valence-electron chi connectivity index (χ3n) is 2.57. The number of carbonyl (C=O) groups excluding carboxylic acids is 1. The highest BCUT2D eigenvalue weighted by Gasteiger charge is 2.38. The van der Waals surface area contributed by atoms with Gasteiger partial charge < -0.3 is 15.2 Å². The Morgan fingerprint density at radius 2 is 1.81 bits per heavy atom. The average Bonchev–Trinajstić information content (AvgIpc) is 2.35. The SMILES string of the molecule is O=C(O)C(F)(F)F.O=C(OCc1ccccc1)C1CCN1. The summed E-state index contributed by atoms with van der Waals surface area (Å²) in [6.07, 6.45) is -4.19. The third-order valence-corrected chi connectivity index (χ3v) is 2.57. The van der Waals surface area contributed by atoms with E-state index in [4.69, 9.17) is 14.6 Å². The van der Waals surface area contributed by atoms with Gasteiger partial charge >= 0.3 is 18.1 Å². The van der Waals surface area contributed by atoms with Gasteiger partial charge in [-0.1, -0.05) is 30.3 Å². The third kappa shape index (κ3) is 6.26. The first-order chi connectivity index (χ1) is 9.80. The van der Waals surface area contributed by atoms with Gasteiger partial charge in [-0.2, -0.15) is 13.2 Å². The molecule has 1 aliphatic rings. The molecule has 1 heterocycles. The van der Waals surface area contributed by atoms with E-state index in [1.165, 1.54) is 0 Å². The minimum absolute atomic E-state index is 0.0706. The lowest BCUT2D eigenvalue weighted by atomic mass is 10.1. The van der Waals surface area contributed by atoms with Crippen LogP contribution in [-0.2, 0) is 20.9 Å². The Balaban J connectivity index is 0.000000270. The van der Waals surface area contributed by atoms with Crippen molar-refractivity contribution in [3.05, 3.63) is 35.9 Å². The molecule has 1 aromatic rings. The van der Waals surface area contributed by atoms with Gasteiger partial charge in [0.1, 0.15) is 12.6 Å². The van der Waals surface area contributed by atoms with Crippen molar-refractivity contribution in [3.8, 4) is 0 Å². The van der Waals surface area contributed by atoms with Crippen LogP contribution in [0.2, 0.25) is 0 Å². The minimum atomic E-state index is -5.08. The second-order valence-corrected chi connectivity index (χ2v) is 4.19. The topological polar surface area (TPSA) is 75.6 Å². The second kappa shape index (κ2) is 7.63. The number of aliphatic carboxylic acids is 1. The van der Waals surface area contributed by atoms with E-state index in [2.05, 4.69) is 5.32 Å². The quantitative estimate of drug-likeness (QED) is 0.832. The number of halogens is 3. The van der Waals surface area contributed by atoms with Crippen LogP contribution in [-0.4, -0.2) is 35.8 Å². The fraction of sp³-hybridized carbons (Fsp3) is 0.385. The summed E-state index contributed by atoms with van der Waals surface area (Å²) in [6, 6.07) is 9.64. The van der Waals surface area contributed by atoms with Crippen LogP contribution in [0, 0.1) is 0 Å². The maximum Gasteiger partial charge on any atom is 0.490 e. The molecule has 0 spiro atoms. The number of carboxylic acid groups (broad SMARTS) is 1. The van der Waals surface area contributed by atoms with Gasteiger partial charge in [-0.3, -0.25) is 4.79 Å². The highest BCUT2D eigenvalue weighted by molar-refractivity contribution is 5.76. The number of carboxylic acids is 1. The number of nitrogens with one attached hydrogen (secondary N) is 1. The number of benzene rings is 1. The summed E-state index contributed by atoms with van der Waals surface area (Å²) in [5, 5.41) is 10.1. The van der Waals surface area contributed by atoms with Gasteiger partial charge in [0.2, 0.25) is 0 Å². The van der Waals surface area contributed by atoms with Crippen LogP contribution in [0.5, 0.6) is 0 Å². The molecule has 21 heavy (non-hydrogen) atoms. The summed E-state index contributed by atoms with van der Waals surface area (Å²) < 4.78 is 36.9. The zero-order chi connectivity index (χ0) is 15.9. The lowest BCUT2D eigenvalue weighted by molar-refractivity contribution is -0.192. The predicted octanol–water partition coefficient (Wildman–Crippen LogP) is 1.72. The fourth-order valence-corrected chi connectivity index (χ4v) is 1.32. The highest BCUT2D eigenvalue weighted by atomic mass is 19.4. The first kappa shape index (κ1) is 17.0. The molecule has 5 nitrogen and oxygen atoms in total. The van der Waals surface area contributed by atoms with Crippen molar-refractivity contribution in [1.82, 2.24) is 5.32 Å². The second-order valence-electron chi connectivity index (χ2n) is 4.19. The van der Waals surface area contributed by atoms with Crippen molar-refractivity contribution < 1.29 is 32.6 Å². The smallest absolute Gasteiger partial charge is 0.475 e. The van der Waals surface area contributed by atoms with Crippen LogP contribution in [0.4, 0.5) is 13.2 Å². The summed E-state index contributed by atoms with van der Waals surface area (Å²) in [7, 11) is 0. The zero-order valence-electron chi connectivity index (χ0n) is 10.9. The molecule has 1 saturated heterocycles. The number of hydrogen-bond acceptors (Lipinski definition) is 4. The van der Waals surface area contributed by atoms with Gasteiger partial charge in [-0.05, 0) is 18.5 Å². The maximum atomic E-state index is 11.3. The van der Waals surface area contributed by atoms with E-state index < -0.39 is 12.1 Å². The van der Waals surface area contributed by atoms with E-state index in [0.29, 0.717) is 6.61 Å². The van der Waals surface area contributed by atoms with Crippen LogP contribution >= 0.6 is 0 Å². The van der Waals surface area contributed by atoms with Gasteiger partial charge in [-0.15, -0.1) is 0 Å². The normalized spacial score (nSPS) is 17.0. The molecular weight excluding hydrogens is 291 g/mol. The largest absolute Gasteiger partial charge is 0.490 e. The molecule has 0 saturated carbocycles. The van der Waals surface area contributed by atoms with Crippen molar-refractivity contribution in [2.75, 3.05) is 6.54 Å². The standard InChI is InChI=1S/C11H13NO2.C2HF3O2/c13-11(10-6-7-12-10)14-8-9-4-2-1-3-5-9;3-2(4,5)1(6)7/h1-5,10,12H,6-8H2;(H,6,7). The number of rotatable bonds is 3. The lowest BCUT2D eigenvalue weighted by Gasteiger charge is -2.25. The minimum Gasteiger partial charge on any atom is -0.475 e. The van der Waals surface area contributed by atoms with E-state index in [1.54, 1.807) is 0 Å². The number of ether oxygens (including phenoxy) is 1. The highest BCUT2D eigenvalue weighted by Crippen LogP contribution is 2.13. The molecule has 0 aliphatic carbocycles. The van der Waals surface area contributed by atoms with Gasteiger partial charge in [-0.25, -0.2) is 4.79 Å². The number of hydrogen-bond donors (Lipinski definition) is 2. The molecule has 116 valence electrons. The van der Waals surface area contributed by atoms with E-state index in [0.717, 1.165) is 18.5 Å². The molecule has 8 heteroatoms. The van der Waals surface area contributed by atoms with Gasteiger partial charge in [0.05, 0.1) is 0 Å². The van der Waals surface area contributed by atoms with E-state index in [9.17, 15) is 18.0 Å². The molecule has 0 amide bonds. The first-order valence-electron chi connectivity index (χ1n) is 6.04. The molecule has 0 aromatic heterocycles. The summed E-state index contributed by atoms with van der Waals surface area (Å²) >= 11 is 0. The molecule has 1 unspecified atom stereocenters.